The molecule has 3 unspecified atom stereocenters. The zero-order chi connectivity index (χ0) is 17.5. The maximum Gasteiger partial charge on any atom is 0.115 e. The lowest BCUT2D eigenvalue weighted by Crippen LogP contribution is -2.02. The van der Waals surface area contributed by atoms with Crippen molar-refractivity contribution in [1.29, 1.82) is 0 Å². The van der Waals surface area contributed by atoms with Crippen LogP contribution in [0.3, 0.4) is 0 Å². The predicted molar refractivity (Wildman–Crippen MR) is 99.6 cm³/mol. The van der Waals surface area contributed by atoms with E-state index in [0.717, 1.165) is 34.9 Å². The summed E-state index contributed by atoms with van der Waals surface area (Å²) in [4.78, 5) is 0. The van der Waals surface area contributed by atoms with Crippen LogP contribution in [-0.4, -0.2) is 16.3 Å². The monoisotopic (exact) mass is 327 g/mol. The van der Waals surface area contributed by atoms with Crippen molar-refractivity contribution in [3.8, 4) is 16.9 Å². The molecule has 3 nitrogen and oxygen atoms in total. The smallest absolute Gasteiger partial charge is 0.115 e. The van der Waals surface area contributed by atoms with Gasteiger partial charge in [0.05, 0.1) is 6.10 Å². The zero-order valence-electron chi connectivity index (χ0n) is 14.7. The molecule has 2 saturated carbocycles. The van der Waals surface area contributed by atoms with Crippen LogP contribution in [0.25, 0.3) is 11.1 Å². The second-order valence-corrected chi connectivity index (χ2v) is 6.21. The Hall–Kier alpha value is -1.84. The van der Waals surface area contributed by atoms with E-state index in [0.29, 0.717) is 6.54 Å². The van der Waals surface area contributed by atoms with E-state index in [-0.39, 0.29) is 11.9 Å². The standard InChI is InChI=1S/C13H13NO.C6H10O.C2H6/c14-9-11-3-1-2-4-13(11)10-5-7-12(15)8-6-10;7-6-2-1-4-3-5(4)6;1-2/h1-8,15H,9,14H2;4-7H,1-3H2;1-2H3. The molecule has 2 aromatic carbocycles. The van der Waals surface area contributed by atoms with Gasteiger partial charge in [-0.1, -0.05) is 50.2 Å². The van der Waals surface area contributed by atoms with Crippen molar-refractivity contribution < 1.29 is 10.2 Å². The second kappa shape index (κ2) is 8.86. The van der Waals surface area contributed by atoms with Gasteiger partial charge in [0.15, 0.2) is 0 Å². The maximum atomic E-state index is 9.21. The molecule has 0 aliphatic heterocycles. The minimum Gasteiger partial charge on any atom is -0.508 e. The molecule has 130 valence electrons. The first-order chi connectivity index (χ1) is 11.7. The van der Waals surface area contributed by atoms with Gasteiger partial charge in [0.25, 0.3) is 0 Å². The van der Waals surface area contributed by atoms with Gasteiger partial charge in [-0.3, -0.25) is 0 Å². The second-order valence-electron chi connectivity index (χ2n) is 6.21. The fraction of sp³-hybridized carbons (Fsp3) is 0.429. The molecule has 3 atom stereocenters. The summed E-state index contributed by atoms with van der Waals surface area (Å²) in [6, 6.07) is 15.2. The Morgan fingerprint density at radius 1 is 1.00 bits per heavy atom. The number of fused-ring (bicyclic) bond motifs is 1. The van der Waals surface area contributed by atoms with Crippen molar-refractivity contribution in [3.05, 3.63) is 54.1 Å². The molecule has 0 aromatic heterocycles. The number of rotatable bonds is 2. The molecule has 2 aromatic rings. The Labute approximate surface area is 145 Å². The molecule has 0 saturated heterocycles. The summed E-state index contributed by atoms with van der Waals surface area (Å²) in [5.41, 5.74) is 8.99. The highest BCUT2D eigenvalue weighted by Gasteiger charge is 2.47. The van der Waals surface area contributed by atoms with Crippen LogP contribution < -0.4 is 5.73 Å². The summed E-state index contributed by atoms with van der Waals surface area (Å²) in [5, 5.41) is 18.2. The van der Waals surface area contributed by atoms with Gasteiger partial charge in [-0.15, -0.1) is 0 Å². The molecule has 0 bridgehead atoms. The third kappa shape index (κ3) is 4.59. The van der Waals surface area contributed by atoms with Gasteiger partial charge in [-0.25, -0.2) is 0 Å². The number of aliphatic hydroxyl groups is 1. The summed E-state index contributed by atoms with van der Waals surface area (Å²) in [5.74, 6) is 1.96. The van der Waals surface area contributed by atoms with E-state index in [1.165, 1.54) is 12.8 Å². The SMILES string of the molecule is CC.NCc1ccccc1-c1ccc(O)cc1.OC1CCC2CC12. The quantitative estimate of drug-likeness (QED) is 0.769. The summed E-state index contributed by atoms with van der Waals surface area (Å²) in [6.45, 7) is 4.52. The Balaban J connectivity index is 0.000000191. The average Bonchev–Trinajstić information content (AvgIpc) is 3.35. The van der Waals surface area contributed by atoms with Gasteiger partial charge in [0.1, 0.15) is 5.75 Å². The number of aromatic hydroxyl groups is 1. The fourth-order valence-electron chi connectivity index (χ4n) is 3.29. The number of hydrogen-bond donors (Lipinski definition) is 3. The lowest BCUT2D eigenvalue weighted by atomic mass is 10.00. The fourth-order valence-corrected chi connectivity index (χ4v) is 3.29. The molecule has 0 heterocycles. The van der Waals surface area contributed by atoms with Crippen LogP contribution in [0.1, 0.15) is 38.7 Å². The molecule has 3 heteroatoms. The Kier molecular flexibility index (Phi) is 6.83. The molecule has 2 fully saturated rings. The highest BCUT2D eigenvalue weighted by molar-refractivity contribution is 5.67. The van der Waals surface area contributed by atoms with Crippen molar-refractivity contribution in [2.45, 2.75) is 45.8 Å². The maximum absolute atomic E-state index is 9.21. The van der Waals surface area contributed by atoms with E-state index in [1.54, 1.807) is 12.1 Å². The summed E-state index contributed by atoms with van der Waals surface area (Å²) in [7, 11) is 0. The van der Waals surface area contributed by atoms with Crippen molar-refractivity contribution in [3.63, 3.8) is 0 Å². The van der Waals surface area contributed by atoms with Crippen molar-refractivity contribution >= 4 is 0 Å². The molecule has 0 radical (unpaired) electrons. The van der Waals surface area contributed by atoms with Crippen LogP contribution in [0.5, 0.6) is 5.75 Å². The van der Waals surface area contributed by atoms with E-state index in [1.807, 2.05) is 50.2 Å². The third-order valence-electron chi connectivity index (χ3n) is 4.72. The van der Waals surface area contributed by atoms with E-state index in [9.17, 15) is 5.11 Å². The number of benzene rings is 2. The topological polar surface area (TPSA) is 66.5 Å². The van der Waals surface area contributed by atoms with Crippen LogP contribution in [0, 0.1) is 11.8 Å². The summed E-state index contributed by atoms with van der Waals surface area (Å²) >= 11 is 0. The number of aliphatic hydroxyl groups excluding tert-OH is 1. The Morgan fingerprint density at radius 3 is 2.12 bits per heavy atom. The number of nitrogens with two attached hydrogens (primary N) is 1. The van der Waals surface area contributed by atoms with Gasteiger partial charge < -0.3 is 15.9 Å². The Bertz CT molecular complexity index is 624. The number of phenols is 1. The van der Waals surface area contributed by atoms with E-state index in [2.05, 4.69) is 0 Å². The molecular formula is C21H29NO2. The third-order valence-corrected chi connectivity index (χ3v) is 4.72. The molecule has 0 amide bonds. The van der Waals surface area contributed by atoms with Gasteiger partial charge in [-0.2, -0.15) is 0 Å². The Morgan fingerprint density at radius 2 is 1.67 bits per heavy atom. The molecule has 2 aliphatic carbocycles. The van der Waals surface area contributed by atoms with Crippen molar-refractivity contribution in [2.75, 3.05) is 0 Å². The number of hydrogen-bond acceptors (Lipinski definition) is 3. The van der Waals surface area contributed by atoms with Crippen molar-refractivity contribution in [2.24, 2.45) is 17.6 Å². The summed E-state index contributed by atoms with van der Waals surface area (Å²) in [6.07, 6.45) is 3.78. The first-order valence-corrected chi connectivity index (χ1v) is 8.94. The average molecular weight is 327 g/mol. The van der Waals surface area contributed by atoms with E-state index < -0.39 is 0 Å². The molecule has 4 rings (SSSR count). The first-order valence-electron chi connectivity index (χ1n) is 8.94. The van der Waals surface area contributed by atoms with Gasteiger partial charge in [-0.05, 0) is 59.9 Å². The summed E-state index contributed by atoms with van der Waals surface area (Å²) < 4.78 is 0. The van der Waals surface area contributed by atoms with Gasteiger partial charge in [0, 0.05) is 6.54 Å². The van der Waals surface area contributed by atoms with Crippen molar-refractivity contribution in [1.82, 2.24) is 0 Å². The number of phenolic OH excluding ortho intramolecular Hbond substituents is 1. The van der Waals surface area contributed by atoms with Crippen LogP contribution in [0.4, 0.5) is 0 Å². The zero-order valence-corrected chi connectivity index (χ0v) is 14.7. The van der Waals surface area contributed by atoms with Crippen LogP contribution in [0.2, 0.25) is 0 Å². The van der Waals surface area contributed by atoms with E-state index >= 15 is 0 Å². The van der Waals surface area contributed by atoms with Crippen LogP contribution in [0.15, 0.2) is 48.5 Å². The highest BCUT2D eigenvalue weighted by atomic mass is 16.3. The highest BCUT2D eigenvalue weighted by Crippen LogP contribution is 2.51. The lowest BCUT2D eigenvalue weighted by molar-refractivity contribution is 0.159. The molecule has 4 N–H and O–H groups in total. The van der Waals surface area contributed by atoms with Gasteiger partial charge >= 0.3 is 0 Å². The van der Waals surface area contributed by atoms with Crippen LogP contribution >= 0.6 is 0 Å². The minimum absolute atomic E-state index is 0.0880. The molecule has 24 heavy (non-hydrogen) atoms. The largest absolute Gasteiger partial charge is 0.508 e. The predicted octanol–water partition coefficient (Wildman–Crippen LogP) is 4.32. The van der Waals surface area contributed by atoms with Crippen LogP contribution in [-0.2, 0) is 6.54 Å². The van der Waals surface area contributed by atoms with Gasteiger partial charge in [0.2, 0.25) is 0 Å². The normalized spacial score (nSPS) is 23.2. The first kappa shape index (κ1) is 18.5. The molecule has 0 spiro atoms. The molecular weight excluding hydrogens is 298 g/mol. The molecule has 2 aliphatic rings. The van der Waals surface area contributed by atoms with E-state index in [4.69, 9.17) is 10.8 Å². The minimum atomic E-state index is 0.0880. The lowest BCUT2D eigenvalue weighted by Gasteiger charge is -2.07.